The van der Waals surface area contributed by atoms with Gasteiger partial charge in [0.25, 0.3) is 0 Å². The molecule has 0 amide bonds. The molecule has 1 fully saturated rings. The Labute approximate surface area is 74.9 Å². The van der Waals surface area contributed by atoms with Gasteiger partial charge in [-0.2, -0.15) is 0 Å². The fraction of sp³-hybridized carbons (Fsp3) is 0.800. The van der Waals surface area contributed by atoms with Gasteiger partial charge in [-0.05, 0) is 33.2 Å². The zero-order valence-electron chi connectivity index (χ0n) is 8.03. The molecule has 0 aromatic heterocycles. The van der Waals surface area contributed by atoms with Crippen LogP contribution in [-0.2, 0) is 0 Å². The van der Waals surface area contributed by atoms with Crippen LogP contribution in [0, 0.1) is 0 Å². The van der Waals surface area contributed by atoms with Crippen LogP contribution in [0.3, 0.4) is 0 Å². The molecule has 1 atom stereocenters. The molecular formula is C10H19NO. The first-order chi connectivity index (χ1) is 5.75. The highest BCUT2D eigenvalue weighted by atomic mass is 16.2. The van der Waals surface area contributed by atoms with Crippen molar-refractivity contribution in [3.8, 4) is 0 Å². The van der Waals surface area contributed by atoms with E-state index in [1.165, 1.54) is 19.4 Å². The van der Waals surface area contributed by atoms with E-state index in [1.54, 1.807) is 0 Å². The quantitative estimate of drug-likeness (QED) is 0.646. The maximum absolute atomic E-state index is 8.65. The summed E-state index contributed by atoms with van der Waals surface area (Å²) >= 11 is 0. The average molecular weight is 169 g/mol. The number of hydrogen-bond acceptors (Lipinski definition) is 2. The van der Waals surface area contributed by atoms with Crippen LogP contribution in [-0.4, -0.2) is 35.2 Å². The molecular weight excluding hydrogens is 150 g/mol. The van der Waals surface area contributed by atoms with Crippen LogP contribution in [0.25, 0.3) is 0 Å². The fourth-order valence-electron chi connectivity index (χ4n) is 1.88. The molecule has 1 aliphatic rings. The van der Waals surface area contributed by atoms with Crippen LogP contribution in [0.1, 0.15) is 26.7 Å². The van der Waals surface area contributed by atoms with E-state index in [4.69, 9.17) is 5.11 Å². The summed E-state index contributed by atoms with van der Waals surface area (Å²) in [5, 5.41) is 8.65. The smallest absolute Gasteiger partial charge is 0.0612 e. The van der Waals surface area contributed by atoms with Crippen LogP contribution in [0.4, 0.5) is 0 Å². The molecule has 1 rings (SSSR count). The number of likely N-dealkylation sites (tertiary alicyclic amines) is 1. The van der Waals surface area contributed by atoms with Crippen molar-refractivity contribution in [2.24, 2.45) is 0 Å². The second-order valence-electron chi connectivity index (χ2n) is 3.65. The molecule has 1 N–H and O–H groups in total. The van der Waals surface area contributed by atoms with Gasteiger partial charge in [-0.3, -0.25) is 4.90 Å². The zero-order chi connectivity index (χ0) is 8.97. The Kier molecular flexibility index (Phi) is 3.76. The topological polar surface area (TPSA) is 23.5 Å². The van der Waals surface area contributed by atoms with Gasteiger partial charge >= 0.3 is 0 Å². The zero-order valence-corrected chi connectivity index (χ0v) is 8.03. The molecule has 70 valence electrons. The lowest BCUT2D eigenvalue weighted by molar-refractivity contribution is 0.233. The average Bonchev–Trinajstić information content (AvgIpc) is 2.48. The first-order valence-electron chi connectivity index (χ1n) is 4.79. The van der Waals surface area contributed by atoms with Crippen molar-refractivity contribution in [3.63, 3.8) is 0 Å². The van der Waals surface area contributed by atoms with Crippen molar-refractivity contribution in [2.45, 2.75) is 38.8 Å². The highest BCUT2D eigenvalue weighted by molar-refractivity contribution is 4.98. The number of hydrogen-bond donors (Lipinski definition) is 1. The SMILES string of the molecule is CC(C)N1CCCC1/C=C\CO. The van der Waals surface area contributed by atoms with E-state index < -0.39 is 0 Å². The Morgan fingerprint density at radius 1 is 1.58 bits per heavy atom. The van der Waals surface area contributed by atoms with Gasteiger partial charge in [-0.15, -0.1) is 0 Å². The van der Waals surface area contributed by atoms with E-state index in [2.05, 4.69) is 24.8 Å². The summed E-state index contributed by atoms with van der Waals surface area (Å²) < 4.78 is 0. The van der Waals surface area contributed by atoms with Gasteiger partial charge in [-0.1, -0.05) is 12.2 Å². The van der Waals surface area contributed by atoms with Crippen LogP contribution in [0.2, 0.25) is 0 Å². The van der Waals surface area contributed by atoms with E-state index in [0.717, 1.165) is 0 Å². The normalized spacial score (nSPS) is 26.2. The standard InChI is InChI=1S/C10H19NO/c1-9(2)11-7-3-5-10(11)6-4-8-12/h4,6,9-10,12H,3,5,7-8H2,1-2H3/b6-4-. The van der Waals surface area contributed by atoms with Gasteiger partial charge in [0.15, 0.2) is 0 Å². The highest BCUT2D eigenvalue weighted by Gasteiger charge is 2.23. The molecule has 0 aromatic rings. The van der Waals surface area contributed by atoms with Gasteiger partial charge in [0.2, 0.25) is 0 Å². The van der Waals surface area contributed by atoms with Gasteiger partial charge in [0, 0.05) is 12.1 Å². The van der Waals surface area contributed by atoms with Gasteiger partial charge in [0.1, 0.15) is 0 Å². The minimum Gasteiger partial charge on any atom is -0.392 e. The first kappa shape index (κ1) is 9.75. The predicted octanol–water partition coefficient (Wildman–Crippen LogP) is 1.41. The molecule has 1 unspecified atom stereocenters. The fourth-order valence-corrected chi connectivity index (χ4v) is 1.88. The van der Waals surface area contributed by atoms with E-state index in [0.29, 0.717) is 12.1 Å². The molecule has 0 saturated carbocycles. The number of nitrogens with zero attached hydrogens (tertiary/aromatic N) is 1. The van der Waals surface area contributed by atoms with E-state index in [-0.39, 0.29) is 6.61 Å². The predicted molar refractivity (Wildman–Crippen MR) is 51.1 cm³/mol. The molecule has 0 aliphatic carbocycles. The summed E-state index contributed by atoms with van der Waals surface area (Å²) in [4.78, 5) is 2.48. The van der Waals surface area contributed by atoms with Crippen LogP contribution in [0.15, 0.2) is 12.2 Å². The number of aliphatic hydroxyl groups excluding tert-OH is 1. The first-order valence-corrected chi connectivity index (χ1v) is 4.79. The number of rotatable bonds is 3. The summed E-state index contributed by atoms with van der Waals surface area (Å²) in [5.74, 6) is 0. The second-order valence-corrected chi connectivity index (χ2v) is 3.65. The Bertz CT molecular complexity index is 154. The summed E-state index contributed by atoms with van der Waals surface area (Å²) in [6, 6.07) is 1.19. The Hall–Kier alpha value is -0.340. The van der Waals surface area contributed by atoms with Crippen molar-refractivity contribution in [3.05, 3.63) is 12.2 Å². The molecule has 1 aliphatic heterocycles. The molecule has 0 spiro atoms. The van der Waals surface area contributed by atoms with Gasteiger partial charge in [0.05, 0.1) is 6.61 Å². The van der Waals surface area contributed by atoms with E-state index in [1.807, 2.05) is 6.08 Å². The third-order valence-corrected chi connectivity index (χ3v) is 2.47. The lowest BCUT2D eigenvalue weighted by atomic mass is 10.2. The minimum atomic E-state index is 0.169. The lowest BCUT2D eigenvalue weighted by Crippen LogP contribution is -2.34. The monoisotopic (exact) mass is 169 g/mol. The summed E-state index contributed by atoms with van der Waals surface area (Å²) in [7, 11) is 0. The maximum Gasteiger partial charge on any atom is 0.0612 e. The largest absolute Gasteiger partial charge is 0.392 e. The molecule has 1 saturated heterocycles. The Morgan fingerprint density at radius 3 is 2.92 bits per heavy atom. The molecule has 12 heavy (non-hydrogen) atoms. The van der Waals surface area contributed by atoms with Crippen molar-refractivity contribution in [1.82, 2.24) is 4.90 Å². The summed E-state index contributed by atoms with van der Waals surface area (Å²) in [6.45, 7) is 5.83. The minimum absolute atomic E-state index is 0.169. The third kappa shape index (κ3) is 2.32. The lowest BCUT2D eigenvalue weighted by Gasteiger charge is -2.25. The van der Waals surface area contributed by atoms with Crippen molar-refractivity contribution >= 4 is 0 Å². The number of aliphatic hydroxyl groups is 1. The second kappa shape index (κ2) is 4.63. The van der Waals surface area contributed by atoms with Gasteiger partial charge in [-0.25, -0.2) is 0 Å². The van der Waals surface area contributed by atoms with Crippen LogP contribution < -0.4 is 0 Å². The molecule has 0 bridgehead atoms. The Balaban J connectivity index is 2.46. The molecule has 2 nitrogen and oxygen atoms in total. The molecule has 0 aromatic carbocycles. The molecule has 1 heterocycles. The molecule has 2 heteroatoms. The summed E-state index contributed by atoms with van der Waals surface area (Å²) in [5.41, 5.74) is 0. The summed E-state index contributed by atoms with van der Waals surface area (Å²) in [6.07, 6.45) is 6.52. The van der Waals surface area contributed by atoms with Crippen molar-refractivity contribution in [2.75, 3.05) is 13.2 Å². The van der Waals surface area contributed by atoms with Crippen molar-refractivity contribution in [1.29, 1.82) is 0 Å². The van der Waals surface area contributed by atoms with E-state index >= 15 is 0 Å². The van der Waals surface area contributed by atoms with Crippen LogP contribution >= 0.6 is 0 Å². The van der Waals surface area contributed by atoms with Crippen molar-refractivity contribution < 1.29 is 5.11 Å². The van der Waals surface area contributed by atoms with Crippen LogP contribution in [0.5, 0.6) is 0 Å². The molecule has 0 radical (unpaired) electrons. The van der Waals surface area contributed by atoms with E-state index in [9.17, 15) is 0 Å². The van der Waals surface area contributed by atoms with Gasteiger partial charge < -0.3 is 5.11 Å². The third-order valence-electron chi connectivity index (χ3n) is 2.47. The maximum atomic E-state index is 8.65. The highest BCUT2D eigenvalue weighted by Crippen LogP contribution is 2.20. The Morgan fingerprint density at radius 2 is 2.33 bits per heavy atom.